The van der Waals surface area contributed by atoms with Crippen LogP contribution >= 0.6 is 24.0 Å². The predicted molar refractivity (Wildman–Crippen MR) is 98.0 cm³/mol. The summed E-state index contributed by atoms with van der Waals surface area (Å²) in [5.74, 6) is 0.603. The molecule has 0 radical (unpaired) electrons. The van der Waals surface area contributed by atoms with Gasteiger partial charge >= 0.3 is 0 Å². The molecule has 0 saturated carbocycles. The second kappa shape index (κ2) is 12.4. The maximum atomic E-state index is 11.7. The number of hydrogen-bond donors (Lipinski definition) is 3. The fraction of sp³-hybridized carbons (Fsp3) is 0.467. The average Bonchev–Trinajstić information content (AvgIpc) is 2.49. The van der Waals surface area contributed by atoms with Crippen LogP contribution in [0.2, 0.25) is 0 Å². The summed E-state index contributed by atoms with van der Waals surface area (Å²) in [5, 5.41) is 9.11. The lowest BCUT2D eigenvalue weighted by molar-refractivity contribution is -0.119. The van der Waals surface area contributed by atoms with Gasteiger partial charge in [0.05, 0.1) is 0 Å². The van der Waals surface area contributed by atoms with Crippen molar-refractivity contribution < 1.29 is 4.79 Å². The van der Waals surface area contributed by atoms with Crippen LogP contribution in [0.15, 0.2) is 35.3 Å². The number of nitrogens with one attached hydrogen (secondary N) is 3. The number of rotatable bonds is 7. The molecule has 0 heterocycles. The smallest absolute Gasteiger partial charge is 0.242 e. The first-order valence-corrected chi connectivity index (χ1v) is 7.09. The molecule has 1 amide bonds. The number of carbonyl (C=O) groups excluding carboxylic acids is 1. The van der Waals surface area contributed by atoms with Crippen LogP contribution in [-0.4, -0.2) is 31.5 Å². The fourth-order valence-electron chi connectivity index (χ4n) is 1.59. The van der Waals surface area contributed by atoms with E-state index in [4.69, 9.17) is 0 Å². The molecule has 6 heteroatoms. The van der Waals surface area contributed by atoms with Crippen LogP contribution < -0.4 is 16.0 Å². The highest BCUT2D eigenvalue weighted by Crippen LogP contribution is 1.96. The van der Waals surface area contributed by atoms with Crippen molar-refractivity contribution in [3.63, 3.8) is 0 Å². The van der Waals surface area contributed by atoms with E-state index in [1.54, 1.807) is 0 Å². The summed E-state index contributed by atoms with van der Waals surface area (Å²) in [4.78, 5) is 16.0. The number of amides is 1. The van der Waals surface area contributed by atoms with Gasteiger partial charge in [0.25, 0.3) is 0 Å². The molecule has 0 fully saturated rings. The molecule has 0 aromatic heterocycles. The first-order chi connectivity index (χ1) is 9.76. The number of nitrogens with zero attached hydrogens (tertiary/aromatic N) is 1. The summed E-state index contributed by atoms with van der Waals surface area (Å²) in [6.07, 6.45) is 1.02. The van der Waals surface area contributed by atoms with E-state index in [9.17, 15) is 4.79 Å². The van der Waals surface area contributed by atoms with E-state index in [0.717, 1.165) is 25.1 Å². The average molecular weight is 404 g/mol. The van der Waals surface area contributed by atoms with Gasteiger partial charge in [-0.25, -0.2) is 4.99 Å². The number of aliphatic imine (C=N–C) groups is 1. The zero-order chi connectivity index (χ0) is 14.6. The van der Waals surface area contributed by atoms with Gasteiger partial charge in [-0.1, -0.05) is 37.3 Å². The largest absolute Gasteiger partial charge is 0.357 e. The lowest BCUT2D eigenvalue weighted by atomic mass is 10.2. The van der Waals surface area contributed by atoms with E-state index >= 15 is 0 Å². The maximum absolute atomic E-state index is 11.7. The molecule has 0 atom stereocenters. The second-order valence-corrected chi connectivity index (χ2v) is 4.38. The van der Waals surface area contributed by atoms with Crippen LogP contribution in [0.25, 0.3) is 0 Å². The van der Waals surface area contributed by atoms with E-state index in [1.165, 1.54) is 0 Å². The summed E-state index contributed by atoms with van der Waals surface area (Å²) in [5.41, 5.74) is 1.08. The number of hydrogen-bond acceptors (Lipinski definition) is 2. The first-order valence-electron chi connectivity index (χ1n) is 7.09. The zero-order valence-corrected chi connectivity index (χ0v) is 15.0. The van der Waals surface area contributed by atoms with Gasteiger partial charge in [-0.2, -0.15) is 0 Å². The lowest BCUT2D eigenvalue weighted by Gasteiger charge is -2.10. The number of carbonyl (C=O) groups is 1. The third kappa shape index (κ3) is 9.28. The van der Waals surface area contributed by atoms with Crippen LogP contribution in [0, 0.1) is 0 Å². The number of halogens is 1. The monoisotopic (exact) mass is 404 g/mol. The Morgan fingerprint density at radius 3 is 2.43 bits per heavy atom. The van der Waals surface area contributed by atoms with Crippen LogP contribution in [0.5, 0.6) is 0 Å². The van der Waals surface area contributed by atoms with Crippen molar-refractivity contribution in [3.8, 4) is 0 Å². The number of benzene rings is 1. The molecule has 1 rings (SSSR count). The highest BCUT2D eigenvalue weighted by atomic mass is 127. The molecule has 5 nitrogen and oxygen atoms in total. The van der Waals surface area contributed by atoms with E-state index in [-0.39, 0.29) is 36.4 Å². The minimum Gasteiger partial charge on any atom is -0.357 e. The Hall–Kier alpha value is -1.31. The van der Waals surface area contributed by atoms with E-state index in [2.05, 4.69) is 27.9 Å². The van der Waals surface area contributed by atoms with Gasteiger partial charge in [0, 0.05) is 19.6 Å². The maximum Gasteiger partial charge on any atom is 0.242 e. The number of guanidine groups is 1. The molecule has 0 spiro atoms. The Labute approximate surface area is 144 Å². The lowest BCUT2D eigenvalue weighted by Crippen LogP contribution is -2.38. The summed E-state index contributed by atoms with van der Waals surface area (Å²) in [6, 6.07) is 9.83. The van der Waals surface area contributed by atoms with Gasteiger partial charge in [0.1, 0.15) is 6.54 Å². The predicted octanol–water partition coefficient (Wildman–Crippen LogP) is 1.89. The van der Waals surface area contributed by atoms with Crippen LogP contribution in [0.1, 0.15) is 25.8 Å². The summed E-state index contributed by atoms with van der Waals surface area (Å²) >= 11 is 0. The van der Waals surface area contributed by atoms with Crippen molar-refractivity contribution in [2.24, 2.45) is 4.99 Å². The van der Waals surface area contributed by atoms with Crippen LogP contribution in [0.4, 0.5) is 0 Å². The van der Waals surface area contributed by atoms with Gasteiger partial charge in [-0.3, -0.25) is 4.79 Å². The zero-order valence-electron chi connectivity index (χ0n) is 12.7. The van der Waals surface area contributed by atoms with Crippen molar-refractivity contribution in [3.05, 3.63) is 35.9 Å². The van der Waals surface area contributed by atoms with Gasteiger partial charge in [-0.15, -0.1) is 24.0 Å². The first kappa shape index (κ1) is 19.7. The molecule has 0 aliphatic rings. The molecule has 118 valence electrons. The Morgan fingerprint density at radius 2 is 1.81 bits per heavy atom. The molecule has 1 aromatic rings. The normalized spacial score (nSPS) is 10.5. The van der Waals surface area contributed by atoms with Crippen LogP contribution in [-0.2, 0) is 11.3 Å². The SMILES string of the molecule is CCCNC(=NCC(=O)NCc1ccccc1)NCC.I. The van der Waals surface area contributed by atoms with Gasteiger partial charge < -0.3 is 16.0 Å². The molecule has 0 bridgehead atoms. The summed E-state index contributed by atoms with van der Waals surface area (Å²) < 4.78 is 0. The van der Waals surface area contributed by atoms with Crippen molar-refractivity contribution in [1.29, 1.82) is 0 Å². The van der Waals surface area contributed by atoms with Gasteiger partial charge in [0.2, 0.25) is 5.91 Å². The minimum absolute atomic E-state index is 0. The third-order valence-electron chi connectivity index (χ3n) is 2.60. The van der Waals surface area contributed by atoms with Crippen molar-refractivity contribution >= 4 is 35.8 Å². The summed E-state index contributed by atoms with van der Waals surface area (Å²) in [6.45, 7) is 6.38. The molecular formula is C15H25IN4O. The topological polar surface area (TPSA) is 65.5 Å². The van der Waals surface area contributed by atoms with Gasteiger partial charge in [-0.05, 0) is 18.9 Å². The molecule has 21 heavy (non-hydrogen) atoms. The molecule has 3 N–H and O–H groups in total. The highest BCUT2D eigenvalue weighted by Gasteiger charge is 2.01. The molecule has 0 saturated heterocycles. The van der Waals surface area contributed by atoms with Crippen molar-refractivity contribution in [2.75, 3.05) is 19.6 Å². The Bertz CT molecular complexity index is 423. The van der Waals surface area contributed by atoms with E-state index < -0.39 is 0 Å². The molecule has 0 aliphatic carbocycles. The minimum atomic E-state index is -0.0810. The van der Waals surface area contributed by atoms with E-state index in [1.807, 2.05) is 37.3 Å². The Balaban J connectivity index is 0.00000400. The Kier molecular flexibility index (Phi) is 11.7. The fourth-order valence-corrected chi connectivity index (χ4v) is 1.59. The standard InChI is InChI=1S/C15H24N4O.HI/c1-3-10-17-15(16-4-2)19-12-14(20)18-11-13-8-6-5-7-9-13;/h5-9H,3-4,10-12H2,1-2H3,(H,18,20)(H2,16,17,19);1H. The molecule has 1 aromatic carbocycles. The molecular weight excluding hydrogens is 379 g/mol. The third-order valence-corrected chi connectivity index (χ3v) is 2.60. The molecule has 0 unspecified atom stereocenters. The highest BCUT2D eigenvalue weighted by molar-refractivity contribution is 14.0. The van der Waals surface area contributed by atoms with Crippen molar-refractivity contribution in [1.82, 2.24) is 16.0 Å². The summed E-state index contributed by atoms with van der Waals surface area (Å²) in [7, 11) is 0. The van der Waals surface area contributed by atoms with E-state index in [0.29, 0.717) is 12.5 Å². The second-order valence-electron chi connectivity index (χ2n) is 4.38. The quantitative estimate of drug-likeness (QED) is 0.370. The van der Waals surface area contributed by atoms with Gasteiger partial charge in [0.15, 0.2) is 5.96 Å². The van der Waals surface area contributed by atoms with Crippen LogP contribution in [0.3, 0.4) is 0 Å². The Morgan fingerprint density at radius 1 is 1.10 bits per heavy atom. The van der Waals surface area contributed by atoms with Crippen molar-refractivity contribution in [2.45, 2.75) is 26.8 Å². The molecule has 0 aliphatic heterocycles.